The fourth-order valence-electron chi connectivity index (χ4n) is 3.18. The number of rotatable bonds is 8. The third-order valence-corrected chi connectivity index (χ3v) is 4.98. The average molecular weight is 485 g/mol. The van der Waals surface area contributed by atoms with Crippen LogP contribution in [-0.2, 0) is 0 Å². The molecule has 2 aromatic carbocycles. The van der Waals surface area contributed by atoms with Gasteiger partial charge in [0.1, 0.15) is 0 Å². The van der Waals surface area contributed by atoms with E-state index in [0.717, 1.165) is 11.1 Å². The molecule has 0 atom stereocenters. The molecular weight excluding hydrogens is 460 g/mol. The van der Waals surface area contributed by atoms with Crippen LogP contribution in [0.15, 0.2) is 57.8 Å². The van der Waals surface area contributed by atoms with E-state index in [1.165, 1.54) is 0 Å². The van der Waals surface area contributed by atoms with Gasteiger partial charge in [-0.15, -0.1) is 20.4 Å². The number of nitrogens with zero attached hydrogens (tertiary/aromatic N) is 6. The lowest BCUT2D eigenvalue weighted by molar-refractivity contribution is 0.0685. The maximum absolute atomic E-state index is 11.1. The first-order chi connectivity index (χ1) is 17.1. The van der Waals surface area contributed by atoms with Gasteiger partial charge in [-0.05, 0) is 74.2 Å². The number of benzene rings is 2. The average Bonchev–Trinajstić information content (AvgIpc) is 2.82. The van der Waals surface area contributed by atoms with Crippen LogP contribution in [0.3, 0.4) is 0 Å². The van der Waals surface area contributed by atoms with Crippen LogP contribution in [0.5, 0.6) is 0 Å². The van der Waals surface area contributed by atoms with E-state index < -0.39 is 11.9 Å². The summed E-state index contributed by atoms with van der Waals surface area (Å²) in [6.07, 6.45) is 6.49. The summed E-state index contributed by atoms with van der Waals surface area (Å²) in [6, 6.07) is 9.96. The normalized spacial score (nSPS) is 12.4. The molecule has 0 saturated heterocycles. The van der Waals surface area contributed by atoms with Gasteiger partial charge in [0, 0.05) is 36.0 Å². The highest BCUT2D eigenvalue weighted by molar-refractivity contribution is 5.92. The van der Waals surface area contributed by atoms with Crippen LogP contribution in [0, 0.1) is 13.8 Å². The molecule has 0 unspecified atom stereocenters. The second-order valence-electron chi connectivity index (χ2n) is 7.96. The van der Waals surface area contributed by atoms with Crippen LogP contribution < -0.4 is 0 Å². The number of hydrogen-bond donors (Lipinski definition) is 2. The van der Waals surface area contributed by atoms with Gasteiger partial charge in [-0.2, -0.15) is 0 Å². The summed E-state index contributed by atoms with van der Waals surface area (Å²) < 4.78 is 0. The zero-order valence-corrected chi connectivity index (χ0v) is 20.2. The first-order valence-electron chi connectivity index (χ1n) is 10.8. The third kappa shape index (κ3) is 7.07. The van der Waals surface area contributed by atoms with Crippen molar-refractivity contribution in [3.63, 3.8) is 0 Å². The predicted molar refractivity (Wildman–Crippen MR) is 136 cm³/mol. The Kier molecular flexibility index (Phi) is 8.24. The lowest BCUT2D eigenvalue weighted by Gasteiger charge is -2.01. The first-order valence-corrected chi connectivity index (χ1v) is 10.8. The summed E-state index contributed by atoms with van der Waals surface area (Å²) >= 11 is 0. The van der Waals surface area contributed by atoms with Crippen LogP contribution in [0.1, 0.15) is 68.5 Å². The molecule has 0 fully saturated rings. The molecule has 36 heavy (non-hydrogen) atoms. The van der Waals surface area contributed by atoms with Crippen LogP contribution in [-0.4, -0.2) is 55.0 Å². The van der Waals surface area contributed by atoms with Crippen molar-refractivity contribution in [3.05, 3.63) is 92.8 Å². The van der Waals surface area contributed by atoms with Gasteiger partial charge in [0.05, 0.1) is 11.1 Å². The number of aromatic nitrogens is 4. The van der Waals surface area contributed by atoms with Gasteiger partial charge in [-0.25, -0.2) is 9.59 Å². The number of aryl methyl sites for hydroxylation is 2. The van der Waals surface area contributed by atoms with Gasteiger partial charge in [-0.1, -0.05) is 12.1 Å². The standard InChI is InChI=1S/C26H24N6O4/c1-15-9-19(5-7-21(15)25(33)34)13-27-17(3)11-23-29-31-24(32-30-23)12-18(4)28-14-20-6-8-22(26(35)36)16(2)10-20/h5-14H,1-4H3,(H,33,34)(H,35,36)/b17-11+,18-12+,27-13?,28-14?. The minimum absolute atomic E-state index is 0.254. The predicted octanol–water partition coefficient (Wildman–Crippen LogP) is 4.24. The summed E-state index contributed by atoms with van der Waals surface area (Å²) in [5, 5.41) is 34.4. The van der Waals surface area contributed by atoms with Crippen molar-refractivity contribution in [2.24, 2.45) is 9.98 Å². The molecule has 0 aliphatic heterocycles. The maximum atomic E-state index is 11.1. The largest absolute Gasteiger partial charge is 0.478 e. The molecule has 10 nitrogen and oxygen atoms in total. The summed E-state index contributed by atoms with van der Waals surface area (Å²) in [4.78, 5) is 30.9. The highest BCUT2D eigenvalue weighted by atomic mass is 16.4. The van der Waals surface area contributed by atoms with Crippen LogP contribution in [0.4, 0.5) is 0 Å². The fraction of sp³-hybridized carbons (Fsp3) is 0.154. The van der Waals surface area contributed by atoms with E-state index in [4.69, 9.17) is 10.2 Å². The number of aliphatic imine (C=N–C) groups is 2. The molecule has 1 aromatic heterocycles. The number of aromatic carboxylic acids is 2. The first kappa shape index (κ1) is 25.8. The topological polar surface area (TPSA) is 151 Å². The quantitative estimate of drug-likeness (QED) is 0.451. The Hall–Kier alpha value is -4.86. The Labute approximate surface area is 207 Å². The summed E-state index contributed by atoms with van der Waals surface area (Å²) in [7, 11) is 0. The van der Waals surface area contributed by atoms with Crippen molar-refractivity contribution in [1.82, 2.24) is 20.4 Å². The number of carboxylic acids is 2. The van der Waals surface area contributed by atoms with Crippen molar-refractivity contribution in [2.45, 2.75) is 27.7 Å². The highest BCUT2D eigenvalue weighted by Crippen LogP contribution is 2.12. The molecular formula is C26H24N6O4. The summed E-state index contributed by atoms with van der Waals surface area (Å²) in [5.41, 5.74) is 4.59. The second kappa shape index (κ2) is 11.5. The molecule has 3 rings (SSSR count). The van der Waals surface area contributed by atoms with E-state index in [1.807, 2.05) is 0 Å². The summed E-state index contributed by atoms with van der Waals surface area (Å²) in [5.74, 6) is -1.36. The zero-order valence-electron chi connectivity index (χ0n) is 20.2. The lowest BCUT2D eigenvalue weighted by atomic mass is 10.1. The van der Waals surface area contributed by atoms with E-state index >= 15 is 0 Å². The van der Waals surface area contributed by atoms with Gasteiger partial charge in [0.15, 0.2) is 11.6 Å². The number of hydrogen-bond acceptors (Lipinski definition) is 8. The molecule has 0 amide bonds. The van der Waals surface area contributed by atoms with Gasteiger partial charge >= 0.3 is 11.9 Å². The van der Waals surface area contributed by atoms with Gasteiger partial charge in [0.25, 0.3) is 0 Å². The number of carbonyl (C=O) groups is 2. The summed E-state index contributed by atoms with van der Waals surface area (Å²) in [6.45, 7) is 7.01. The fourth-order valence-corrected chi connectivity index (χ4v) is 3.18. The van der Waals surface area contributed by atoms with Crippen molar-refractivity contribution >= 4 is 36.5 Å². The Bertz CT molecular complexity index is 1310. The minimum atomic E-state index is -0.966. The number of carboxylic acid groups (broad SMARTS) is 2. The van der Waals surface area contributed by atoms with E-state index in [0.29, 0.717) is 22.5 Å². The maximum Gasteiger partial charge on any atom is 0.335 e. The molecule has 3 aromatic rings. The van der Waals surface area contributed by atoms with Crippen molar-refractivity contribution in [1.29, 1.82) is 0 Å². The number of allylic oxidation sites excluding steroid dienone is 2. The molecule has 2 N–H and O–H groups in total. The van der Waals surface area contributed by atoms with Gasteiger partial charge < -0.3 is 10.2 Å². The van der Waals surface area contributed by atoms with E-state index in [9.17, 15) is 9.59 Å². The van der Waals surface area contributed by atoms with Gasteiger partial charge in [0.2, 0.25) is 0 Å². The van der Waals surface area contributed by atoms with E-state index in [2.05, 4.69) is 30.4 Å². The Morgan fingerprint density at radius 3 is 1.36 bits per heavy atom. The van der Waals surface area contributed by atoms with Crippen molar-refractivity contribution < 1.29 is 19.8 Å². The monoisotopic (exact) mass is 484 g/mol. The molecule has 0 spiro atoms. The van der Waals surface area contributed by atoms with E-state index in [1.54, 1.807) is 88.7 Å². The molecule has 0 aliphatic carbocycles. The van der Waals surface area contributed by atoms with Crippen molar-refractivity contribution in [3.8, 4) is 0 Å². The highest BCUT2D eigenvalue weighted by Gasteiger charge is 2.07. The Morgan fingerprint density at radius 2 is 1.06 bits per heavy atom. The Morgan fingerprint density at radius 1 is 0.694 bits per heavy atom. The van der Waals surface area contributed by atoms with Crippen LogP contribution >= 0.6 is 0 Å². The second-order valence-corrected chi connectivity index (χ2v) is 7.96. The van der Waals surface area contributed by atoms with Crippen LogP contribution in [0.2, 0.25) is 0 Å². The van der Waals surface area contributed by atoms with E-state index in [-0.39, 0.29) is 22.8 Å². The zero-order chi connectivity index (χ0) is 26.2. The Balaban J connectivity index is 1.65. The molecule has 0 aliphatic rings. The van der Waals surface area contributed by atoms with Crippen molar-refractivity contribution in [2.75, 3.05) is 0 Å². The molecule has 10 heteroatoms. The lowest BCUT2D eigenvalue weighted by Crippen LogP contribution is -2.00. The molecule has 182 valence electrons. The molecule has 1 heterocycles. The van der Waals surface area contributed by atoms with Crippen LogP contribution in [0.25, 0.3) is 12.2 Å². The SMILES string of the molecule is C/C(=C\c1nnc(/C=C(\C)N=Cc2ccc(C(=O)O)c(C)c2)nn1)N=Cc1ccc(C(=O)O)c(C)c1. The molecule has 0 bridgehead atoms. The smallest absolute Gasteiger partial charge is 0.335 e. The molecule has 0 radical (unpaired) electrons. The third-order valence-electron chi connectivity index (χ3n) is 4.98. The molecule has 0 saturated carbocycles. The van der Waals surface area contributed by atoms with Gasteiger partial charge in [-0.3, -0.25) is 9.98 Å². The minimum Gasteiger partial charge on any atom is -0.478 e.